The van der Waals surface area contributed by atoms with E-state index in [0.29, 0.717) is 10.2 Å². The molecular formula is C9H5Br2FO2. The van der Waals surface area contributed by atoms with Crippen molar-refractivity contribution in [2.75, 3.05) is 6.61 Å². The summed E-state index contributed by atoms with van der Waals surface area (Å²) in [6.07, 6.45) is 0. The first-order chi connectivity index (χ1) is 6.59. The summed E-state index contributed by atoms with van der Waals surface area (Å²) in [6.45, 7) is 0.238. The Balaban J connectivity index is 2.60. The van der Waals surface area contributed by atoms with Crippen molar-refractivity contribution < 1.29 is 13.9 Å². The summed E-state index contributed by atoms with van der Waals surface area (Å²) in [5.74, 6) is -0.516. The molecule has 14 heavy (non-hydrogen) atoms. The molecule has 1 aromatic rings. The van der Waals surface area contributed by atoms with Crippen molar-refractivity contribution >= 4 is 37.6 Å². The van der Waals surface area contributed by atoms with Gasteiger partial charge in [0.05, 0.1) is 5.56 Å². The van der Waals surface area contributed by atoms with Gasteiger partial charge in [0.2, 0.25) is 0 Å². The Bertz CT molecular complexity index is 406. The van der Waals surface area contributed by atoms with Crippen molar-refractivity contribution in [3.05, 3.63) is 28.0 Å². The monoisotopic (exact) mass is 322 g/mol. The second kappa shape index (κ2) is 3.62. The smallest absolute Gasteiger partial charge is 0.186 e. The molecule has 0 aliphatic carbocycles. The highest BCUT2D eigenvalue weighted by Crippen LogP contribution is 2.32. The average Bonchev–Trinajstić information content (AvgIpc) is 2.10. The molecule has 0 fully saturated rings. The summed E-state index contributed by atoms with van der Waals surface area (Å²) in [7, 11) is 0. The molecule has 0 saturated carbocycles. The van der Waals surface area contributed by atoms with Crippen LogP contribution in [0.3, 0.4) is 0 Å². The molecule has 0 N–H and O–H groups in total. The minimum atomic E-state index is -0.552. The van der Waals surface area contributed by atoms with Gasteiger partial charge in [-0.15, -0.1) is 0 Å². The molecule has 1 atom stereocenters. The first kappa shape index (κ1) is 10.1. The lowest BCUT2D eigenvalue weighted by molar-refractivity contribution is 0.0940. The van der Waals surface area contributed by atoms with Crippen molar-refractivity contribution in [1.29, 1.82) is 0 Å². The third-order valence-electron chi connectivity index (χ3n) is 1.93. The van der Waals surface area contributed by atoms with Crippen molar-refractivity contribution in [2.45, 2.75) is 4.83 Å². The van der Waals surface area contributed by atoms with Gasteiger partial charge in [0.15, 0.2) is 5.78 Å². The van der Waals surface area contributed by atoms with Crippen LogP contribution in [0.25, 0.3) is 0 Å². The second-order valence-electron chi connectivity index (χ2n) is 2.90. The Morgan fingerprint density at radius 2 is 2.21 bits per heavy atom. The van der Waals surface area contributed by atoms with E-state index in [2.05, 4.69) is 31.9 Å². The average molecular weight is 324 g/mol. The van der Waals surface area contributed by atoms with Crippen molar-refractivity contribution in [3.63, 3.8) is 0 Å². The van der Waals surface area contributed by atoms with Gasteiger partial charge in [0.1, 0.15) is 23.0 Å². The fraction of sp³-hybridized carbons (Fsp3) is 0.222. The van der Waals surface area contributed by atoms with Gasteiger partial charge in [0, 0.05) is 4.47 Å². The van der Waals surface area contributed by atoms with Gasteiger partial charge >= 0.3 is 0 Å². The lowest BCUT2D eigenvalue weighted by atomic mass is 10.0. The van der Waals surface area contributed by atoms with Gasteiger partial charge in [-0.1, -0.05) is 31.9 Å². The molecule has 1 aliphatic heterocycles. The Labute approximate surface area is 96.7 Å². The first-order valence-corrected chi connectivity index (χ1v) is 5.60. The number of ketones is 1. The highest BCUT2D eigenvalue weighted by molar-refractivity contribution is 9.10. The molecule has 1 aromatic carbocycles. The third kappa shape index (κ3) is 1.59. The topological polar surface area (TPSA) is 26.3 Å². The molecule has 0 aromatic heterocycles. The lowest BCUT2D eigenvalue weighted by Crippen LogP contribution is -2.28. The van der Waals surface area contributed by atoms with E-state index in [9.17, 15) is 9.18 Å². The Hall–Kier alpha value is -0.420. The van der Waals surface area contributed by atoms with E-state index in [1.807, 2.05) is 0 Å². The van der Waals surface area contributed by atoms with E-state index in [-0.39, 0.29) is 18.0 Å². The highest BCUT2D eigenvalue weighted by Gasteiger charge is 2.29. The van der Waals surface area contributed by atoms with Gasteiger partial charge in [-0.05, 0) is 12.1 Å². The van der Waals surface area contributed by atoms with E-state index in [1.54, 1.807) is 6.07 Å². The van der Waals surface area contributed by atoms with E-state index in [0.717, 1.165) is 0 Å². The summed E-state index contributed by atoms with van der Waals surface area (Å²) in [5, 5.41) is 0. The van der Waals surface area contributed by atoms with Crippen molar-refractivity contribution in [1.82, 2.24) is 0 Å². The fourth-order valence-electron chi connectivity index (χ4n) is 1.30. The number of fused-ring (bicyclic) bond motifs is 1. The van der Waals surface area contributed by atoms with Crippen molar-refractivity contribution in [3.8, 4) is 5.75 Å². The lowest BCUT2D eigenvalue weighted by Gasteiger charge is -2.20. The zero-order valence-electron chi connectivity index (χ0n) is 6.89. The summed E-state index contributed by atoms with van der Waals surface area (Å²) in [6, 6.07) is 2.85. The summed E-state index contributed by atoms with van der Waals surface area (Å²) >= 11 is 6.26. The normalized spacial score (nSPS) is 20.2. The predicted molar refractivity (Wildman–Crippen MR) is 56.6 cm³/mol. The molecule has 1 unspecified atom stereocenters. The maximum atomic E-state index is 13.4. The minimum absolute atomic E-state index is 0.0290. The quantitative estimate of drug-likeness (QED) is 0.686. The van der Waals surface area contributed by atoms with Crippen LogP contribution in [0.2, 0.25) is 0 Å². The number of rotatable bonds is 0. The maximum absolute atomic E-state index is 13.4. The first-order valence-electron chi connectivity index (χ1n) is 3.89. The minimum Gasteiger partial charge on any atom is -0.491 e. The number of carbonyl (C=O) groups excluding carboxylic acids is 1. The van der Waals surface area contributed by atoms with Gasteiger partial charge in [-0.25, -0.2) is 4.39 Å². The number of alkyl halides is 1. The molecule has 0 saturated heterocycles. The second-order valence-corrected chi connectivity index (χ2v) is 4.92. The molecule has 2 nitrogen and oxygen atoms in total. The molecule has 1 heterocycles. The molecular weight excluding hydrogens is 319 g/mol. The van der Waals surface area contributed by atoms with Crippen LogP contribution >= 0.6 is 31.9 Å². The molecule has 2 rings (SSSR count). The number of hydrogen-bond acceptors (Lipinski definition) is 2. The van der Waals surface area contributed by atoms with Gasteiger partial charge < -0.3 is 4.74 Å². The molecule has 5 heteroatoms. The van der Waals surface area contributed by atoms with Crippen LogP contribution in [-0.2, 0) is 0 Å². The summed E-state index contributed by atoms with van der Waals surface area (Å²) in [4.78, 5) is 11.1. The standard InChI is InChI=1S/C9H5Br2FO2/c10-4-1-6(12)8-7(2-4)14-3-5(11)9(8)13/h1-2,5H,3H2. The van der Waals surface area contributed by atoms with Crippen LogP contribution in [0.1, 0.15) is 10.4 Å². The summed E-state index contributed by atoms with van der Waals surface area (Å²) in [5.41, 5.74) is 0.0290. The van der Waals surface area contributed by atoms with E-state index < -0.39 is 10.6 Å². The van der Waals surface area contributed by atoms with Crippen LogP contribution in [0, 0.1) is 5.82 Å². The van der Waals surface area contributed by atoms with Crippen molar-refractivity contribution in [2.24, 2.45) is 0 Å². The van der Waals surface area contributed by atoms with Crippen LogP contribution in [0.5, 0.6) is 5.75 Å². The molecule has 0 spiro atoms. The van der Waals surface area contributed by atoms with E-state index in [4.69, 9.17) is 4.74 Å². The largest absolute Gasteiger partial charge is 0.491 e. The molecule has 0 radical (unpaired) electrons. The van der Waals surface area contributed by atoms with Crippen LogP contribution in [-0.4, -0.2) is 17.2 Å². The number of halogens is 3. The van der Waals surface area contributed by atoms with Gasteiger partial charge in [-0.3, -0.25) is 4.79 Å². The van der Waals surface area contributed by atoms with Crippen LogP contribution in [0.4, 0.5) is 4.39 Å². The zero-order chi connectivity index (χ0) is 10.3. The maximum Gasteiger partial charge on any atom is 0.186 e. The fourth-order valence-corrected chi connectivity index (χ4v) is 2.07. The SMILES string of the molecule is O=C1c2c(F)cc(Br)cc2OCC1Br. The Kier molecular flexibility index (Phi) is 2.62. The number of hydrogen-bond donors (Lipinski definition) is 0. The number of ether oxygens (including phenoxy) is 1. The van der Waals surface area contributed by atoms with Crippen LogP contribution in [0.15, 0.2) is 16.6 Å². The molecule has 74 valence electrons. The van der Waals surface area contributed by atoms with Gasteiger partial charge in [-0.2, -0.15) is 0 Å². The van der Waals surface area contributed by atoms with E-state index >= 15 is 0 Å². The zero-order valence-corrected chi connectivity index (χ0v) is 10.1. The van der Waals surface area contributed by atoms with Gasteiger partial charge in [0.25, 0.3) is 0 Å². The van der Waals surface area contributed by atoms with E-state index in [1.165, 1.54) is 6.07 Å². The Morgan fingerprint density at radius 1 is 1.50 bits per heavy atom. The molecule has 1 aliphatic rings. The number of Topliss-reactive ketones (excluding diaryl/α,β-unsaturated/α-hetero) is 1. The van der Waals surface area contributed by atoms with Crippen LogP contribution < -0.4 is 4.74 Å². The highest BCUT2D eigenvalue weighted by atomic mass is 79.9. The predicted octanol–water partition coefficient (Wildman–Crippen LogP) is 2.93. The number of carbonyl (C=O) groups is 1. The molecule has 0 amide bonds. The molecule has 0 bridgehead atoms. The number of benzene rings is 1. The summed E-state index contributed by atoms with van der Waals surface area (Å²) < 4.78 is 19.2. The Morgan fingerprint density at radius 3 is 2.93 bits per heavy atom. The third-order valence-corrected chi connectivity index (χ3v) is 3.07.